The zero-order valence-electron chi connectivity index (χ0n) is 21.1. The Morgan fingerprint density at radius 1 is 0.721 bits per heavy atom. The molecular weight excluding hydrogens is 619 g/mol. The zero-order chi connectivity index (χ0) is 31.5. The number of anilines is 1. The lowest BCUT2D eigenvalue weighted by Crippen LogP contribution is -2.50. The third-order valence-corrected chi connectivity index (χ3v) is 6.53. The van der Waals surface area contributed by atoms with Gasteiger partial charge in [0.2, 0.25) is 10.1 Å². The number of hydrogen-bond donors (Lipinski definition) is 2. The number of aromatic nitrogens is 2. The van der Waals surface area contributed by atoms with Gasteiger partial charge in [0, 0.05) is 6.42 Å². The third kappa shape index (κ3) is 8.50. The second-order valence-electron chi connectivity index (χ2n) is 8.71. The van der Waals surface area contributed by atoms with Crippen LogP contribution in [0.1, 0.15) is 21.7 Å². The Kier molecular flexibility index (Phi) is 8.75. The van der Waals surface area contributed by atoms with Crippen LogP contribution < -0.4 is 20.1 Å². The number of alkyl halides is 9. The number of ether oxygens (including phenoxy) is 2. The van der Waals surface area contributed by atoms with Crippen LogP contribution in [0.5, 0.6) is 11.5 Å². The van der Waals surface area contributed by atoms with E-state index in [2.05, 4.69) is 30.3 Å². The molecule has 4 rings (SSSR count). The summed E-state index contributed by atoms with van der Waals surface area (Å²) in [5.74, 6) is -1.43. The number of carbonyl (C=O) groups is 1. The minimum Gasteiger partial charge on any atom is -0.406 e. The van der Waals surface area contributed by atoms with Gasteiger partial charge in [0.25, 0.3) is 0 Å². The highest BCUT2D eigenvalue weighted by atomic mass is 32.1. The molecule has 0 saturated carbocycles. The van der Waals surface area contributed by atoms with E-state index in [0.717, 1.165) is 36.4 Å². The van der Waals surface area contributed by atoms with Gasteiger partial charge in [0.15, 0.2) is 0 Å². The van der Waals surface area contributed by atoms with Crippen LogP contribution in [0.2, 0.25) is 0 Å². The molecule has 2 amide bonds. The first-order chi connectivity index (χ1) is 20.0. The molecule has 0 fully saturated rings. The largest absolute Gasteiger partial charge is 0.573 e. The minimum atomic E-state index is -5.11. The van der Waals surface area contributed by atoms with E-state index in [1.165, 1.54) is 12.1 Å². The lowest BCUT2D eigenvalue weighted by atomic mass is 9.77. The Balaban J connectivity index is 1.87. The van der Waals surface area contributed by atoms with Crippen LogP contribution in [0.15, 0.2) is 78.9 Å². The van der Waals surface area contributed by atoms with E-state index in [1.54, 1.807) is 30.3 Å². The van der Waals surface area contributed by atoms with Gasteiger partial charge in [-0.25, -0.2) is 4.79 Å². The minimum absolute atomic E-state index is 0.00182. The number of halogens is 9. The summed E-state index contributed by atoms with van der Waals surface area (Å²) in [6.45, 7) is 0. The van der Waals surface area contributed by atoms with Gasteiger partial charge in [-0.3, -0.25) is 5.32 Å². The van der Waals surface area contributed by atoms with Gasteiger partial charge in [-0.05, 0) is 41.0 Å². The first kappa shape index (κ1) is 31.4. The topological polar surface area (TPSA) is 85.4 Å². The number of nitrogens with zero attached hydrogens (tertiary/aromatic N) is 2. The van der Waals surface area contributed by atoms with Crippen molar-refractivity contribution >= 4 is 22.5 Å². The van der Waals surface area contributed by atoms with Crippen LogP contribution >= 0.6 is 11.3 Å². The highest BCUT2D eigenvalue weighted by Gasteiger charge is 2.40. The molecule has 2 N–H and O–H groups in total. The summed E-state index contributed by atoms with van der Waals surface area (Å²) in [5.41, 5.74) is -1.68. The maximum atomic E-state index is 13.3. The Morgan fingerprint density at radius 2 is 1.26 bits per heavy atom. The fourth-order valence-electron chi connectivity index (χ4n) is 4.09. The van der Waals surface area contributed by atoms with E-state index >= 15 is 0 Å². The van der Waals surface area contributed by atoms with Crippen molar-refractivity contribution in [3.8, 4) is 11.5 Å². The molecule has 0 atom stereocenters. The van der Waals surface area contributed by atoms with Crippen molar-refractivity contribution in [1.82, 2.24) is 15.5 Å². The van der Waals surface area contributed by atoms with Crippen molar-refractivity contribution in [2.75, 3.05) is 5.32 Å². The first-order valence-electron chi connectivity index (χ1n) is 11.8. The predicted molar refractivity (Wildman–Crippen MR) is 134 cm³/mol. The number of hydrogen-bond acceptors (Lipinski definition) is 6. The van der Waals surface area contributed by atoms with Gasteiger partial charge in [-0.1, -0.05) is 65.9 Å². The van der Waals surface area contributed by atoms with Crippen molar-refractivity contribution in [3.63, 3.8) is 0 Å². The summed E-state index contributed by atoms with van der Waals surface area (Å²) >= 11 is -0.00182. The molecule has 0 saturated heterocycles. The molecule has 0 aliphatic heterocycles. The Labute approximate surface area is 240 Å². The van der Waals surface area contributed by atoms with Crippen LogP contribution in [-0.2, 0) is 18.1 Å². The van der Waals surface area contributed by atoms with Gasteiger partial charge in [0.05, 0.1) is 5.54 Å². The van der Waals surface area contributed by atoms with Crippen molar-refractivity contribution in [2.24, 2.45) is 0 Å². The highest BCUT2D eigenvalue weighted by molar-refractivity contribution is 7.15. The smallest absolute Gasteiger partial charge is 0.406 e. The second-order valence-corrected chi connectivity index (χ2v) is 9.69. The van der Waals surface area contributed by atoms with E-state index in [1.807, 2.05) is 0 Å². The van der Waals surface area contributed by atoms with Gasteiger partial charge >= 0.3 is 24.9 Å². The Hall–Kier alpha value is -4.54. The SMILES string of the molecule is O=C(Nc1nnc(C(F)(F)F)s1)NC(Cc1ccccc1)(c1cccc(OC(F)(F)F)c1)c1cccc(OC(F)(F)F)c1. The number of carbonyl (C=O) groups excluding carboxylic acids is 1. The van der Waals surface area contributed by atoms with Crippen LogP contribution in [0, 0.1) is 0 Å². The fourth-order valence-corrected chi connectivity index (χ4v) is 4.70. The molecule has 43 heavy (non-hydrogen) atoms. The van der Waals surface area contributed by atoms with E-state index in [0.29, 0.717) is 5.56 Å². The Bertz CT molecular complexity index is 1500. The molecule has 17 heteroatoms. The molecule has 0 unspecified atom stereocenters. The molecule has 4 aromatic rings. The first-order valence-corrected chi connectivity index (χ1v) is 12.6. The molecule has 0 aliphatic rings. The quantitative estimate of drug-likeness (QED) is 0.194. The number of nitrogens with one attached hydrogen (secondary N) is 2. The summed E-state index contributed by atoms with van der Waals surface area (Å²) in [5, 5.41) is 8.91. The average molecular weight is 636 g/mol. The van der Waals surface area contributed by atoms with Gasteiger partial charge in [0.1, 0.15) is 11.5 Å². The van der Waals surface area contributed by atoms with Crippen LogP contribution in [-0.4, -0.2) is 29.0 Å². The van der Waals surface area contributed by atoms with Crippen molar-refractivity contribution < 1.29 is 53.8 Å². The summed E-state index contributed by atoms with van der Waals surface area (Å²) in [6.07, 6.45) is -15.3. The van der Waals surface area contributed by atoms with Crippen molar-refractivity contribution in [3.05, 3.63) is 101 Å². The van der Waals surface area contributed by atoms with Gasteiger partial charge in [-0.2, -0.15) is 13.2 Å². The molecule has 0 spiro atoms. The van der Waals surface area contributed by atoms with Crippen molar-refractivity contribution in [2.45, 2.75) is 30.9 Å². The van der Waals surface area contributed by atoms with E-state index in [4.69, 9.17) is 0 Å². The third-order valence-electron chi connectivity index (χ3n) is 5.65. The summed E-state index contributed by atoms with van der Waals surface area (Å²) in [7, 11) is 0. The zero-order valence-corrected chi connectivity index (χ0v) is 22.0. The molecule has 0 aliphatic carbocycles. The summed E-state index contributed by atoms with van der Waals surface area (Å²) in [6, 6.07) is 15.5. The molecule has 3 aromatic carbocycles. The molecule has 0 radical (unpaired) electrons. The number of urea groups is 1. The fraction of sp³-hybridized carbons (Fsp3) is 0.192. The number of amides is 2. The van der Waals surface area contributed by atoms with Crippen LogP contribution in [0.3, 0.4) is 0 Å². The van der Waals surface area contributed by atoms with E-state index in [-0.39, 0.29) is 28.9 Å². The summed E-state index contributed by atoms with van der Waals surface area (Å²) < 4.78 is 125. The van der Waals surface area contributed by atoms with Gasteiger partial charge in [-0.15, -0.1) is 36.5 Å². The van der Waals surface area contributed by atoms with Crippen molar-refractivity contribution in [1.29, 1.82) is 0 Å². The van der Waals surface area contributed by atoms with Gasteiger partial charge < -0.3 is 14.8 Å². The van der Waals surface area contributed by atoms with E-state index in [9.17, 15) is 44.3 Å². The highest BCUT2D eigenvalue weighted by Crippen LogP contribution is 2.39. The lowest BCUT2D eigenvalue weighted by molar-refractivity contribution is -0.275. The summed E-state index contributed by atoms with van der Waals surface area (Å²) in [4.78, 5) is 13.3. The standard InChI is InChI=1S/C26H17F9N4O3S/c27-24(28,29)20-38-39-22(43-20)36-21(40)37-23(14-15-6-2-1-3-7-15,16-8-4-10-18(12-16)41-25(30,31)32)17-9-5-11-19(13-17)42-26(33,34)35/h1-13H,14H2,(H2,36,37,39,40). The number of benzene rings is 3. The maximum Gasteiger partial charge on any atom is 0.573 e. The van der Waals surface area contributed by atoms with E-state index < -0.39 is 52.1 Å². The number of rotatable bonds is 8. The average Bonchev–Trinajstić information content (AvgIpc) is 3.36. The monoisotopic (exact) mass is 636 g/mol. The predicted octanol–water partition coefficient (Wildman–Crippen LogP) is 7.66. The second kappa shape index (κ2) is 12.0. The molecule has 228 valence electrons. The normalized spacial score (nSPS) is 12.5. The molecule has 0 bridgehead atoms. The van der Waals surface area contributed by atoms with Crippen LogP contribution in [0.25, 0.3) is 0 Å². The molecule has 1 heterocycles. The maximum absolute atomic E-state index is 13.3. The molecular formula is C26H17F9N4O3S. The Morgan fingerprint density at radius 3 is 1.72 bits per heavy atom. The lowest BCUT2D eigenvalue weighted by Gasteiger charge is -2.36. The van der Waals surface area contributed by atoms with Crippen LogP contribution in [0.4, 0.5) is 49.4 Å². The molecule has 1 aromatic heterocycles. The molecule has 7 nitrogen and oxygen atoms in total.